The lowest BCUT2D eigenvalue weighted by Gasteiger charge is -2.22. The highest BCUT2D eigenvalue weighted by atomic mass is 16.2. The molecule has 5 heteroatoms. The number of aryl methyl sites for hydroxylation is 1. The van der Waals surface area contributed by atoms with Gasteiger partial charge in [0.25, 0.3) is 0 Å². The average molecular weight is 298 g/mol. The molecule has 0 radical (unpaired) electrons. The van der Waals surface area contributed by atoms with Gasteiger partial charge < -0.3 is 10.2 Å². The summed E-state index contributed by atoms with van der Waals surface area (Å²) in [7, 11) is 0. The molecule has 1 N–H and O–H groups in total. The van der Waals surface area contributed by atoms with E-state index in [1.165, 1.54) is 5.56 Å². The smallest absolute Gasteiger partial charge is 0.243 e. The Bertz CT molecular complexity index is 664. The number of hydrogen-bond acceptors (Lipinski definition) is 3. The zero-order valence-electron chi connectivity index (χ0n) is 13.1. The topological polar surface area (TPSA) is 50.2 Å². The van der Waals surface area contributed by atoms with Crippen LogP contribution in [-0.2, 0) is 17.8 Å². The maximum Gasteiger partial charge on any atom is 0.243 e. The number of para-hydroxylation sites is 1. The summed E-state index contributed by atoms with van der Waals surface area (Å²) in [6, 6.07) is 7.95. The molecule has 1 aromatic carbocycles. The normalized spacial score (nSPS) is 14.9. The standard InChI is InChI=1S/C17H22N4O/c1-13-11-19-20(12-13)10-8-18-14(2)17(22)21-9-7-15-5-3-4-6-16(15)21/h3-6,11-12,14,18H,7-10H2,1-2H3. The maximum absolute atomic E-state index is 12.6. The number of aromatic nitrogens is 2. The molecule has 3 rings (SSSR count). The number of carbonyl (C=O) groups excluding carboxylic acids is 1. The fraction of sp³-hybridized carbons (Fsp3) is 0.412. The highest BCUT2D eigenvalue weighted by Crippen LogP contribution is 2.27. The second-order valence-electron chi connectivity index (χ2n) is 5.83. The zero-order chi connectivity index (χ0) is 15.5. The van der Waals surface area contributed by atoms with Crippen molar-refractivity contribution in [1.29, 1.82) is 0 Å². The second kappa shape index (κ2) is 6.32. The van der Waals surface area contributed by atoms with Gasteiger partial charge in [0, 0.05) is 25.0 Å². The fourth-order valence-corrected chi connectivity index (χ4v) is 2.87. The van der Waals surface area contributed by atoms with Gasteiger partial charge in [0.2, 0.25) is 5.91 Å². The quantitative estimate of drug-likeness (QED) is 0.915. The molecule has 22 heavy (non-hydrogen) atoms. The highest BCUT2D eigenvalue weighted by molar-refractivity contribution is 5.98. The minimum atomic E-state index is -0.192. The van der Waals surface area contributed by atoms with Crippen molar-refractivity contribution < 1.29 is 4.79 Å². The fourth-order valence-electron chi connectivity index (χ4n) is 2.87. The van der Waals surface area contributed by atoms with Crippen LogP contribution in [-0.4, -0.2) is 34.8 Å². The Kier molecular flexibility index (Phi) is 4.24. The zero-order valence-corrected chi connectivity index (χ0v) is 13.1. The third-order valence-electron chi connectivity index (χ3n) is 4.08. The minimum Gasteiger partial charge on any atom is -0.310 e. The summed E-state index contributed by atoms with van der Waals surface area (Å²) in [5.74, 6) is 0.140. The molecule has 2 heterocycles. The van der Waals surface area contributed by atoms with E-state index in [2.05, 4.69) is 16.5 Å². The van der Waals surface area contributed by atoms with Gasteiger partial charge in [-0.15, -0.1) is 0 Å². The first-order valence-corrected chi connectivity index (χ1v) is 7.77. The van der Waals surface area contributed by atoms with Crippen LogP contribution >= 0.6 is 0 Å². The first-order chi connectivity index (χ1) is 10.6. The number of nitrogens with zero attached hydrogens (tertiary/aromatic N) is 3. The first-order valence-electron chi connectivity index (χ1n) is 7.77. The van der Waals surface area contributed by atoms with Gasteiger partial charge in [-0.1, -0.05) is 18.2 Å². The lowest BCUT2D eigenvalue weighted by molar-refractivity contribution is -0.120. The van der Waals surface area contributed by atoms with E-state index in [-0.39, 0.29) is 11.9 Å². The number of amides is 1. The van der Waals surface area contributed by atoms with Crippen LogP contribution in [0.1, 0.15) is 18.1 Å². The van der Waals surface area contributed by atoms with Crippen molar-refractivity contribution in [3.8, 4) is 0 Å². The highest BCUT2D eigenvalue weighted by Gasteiger charge is 2.27. The molecule has 0 fully saturated rings. The van der Waals surface area contributed by atoms with Gasteiger partial charge in [-0.25, -0.2) is 0 Å². The predicted octanol–water partition coefficient (Wildman–Crippen LogP) is 1.76. The van der Waals surface area contributed by atoms with E-state index >= 15 is 0 Å². The van der Waals surface area contributed by atoms with Gasteiger partial charge >= 0.3 is 0 Å². The Morgan fingerprint density at radius 3 is 3.00 bits per heavy atom. The monoisotopic (exact) mass is 298 g/mol. The van der Waals surface area contributed by atoms with Crippen LogP contribution in [0.4, 0.5) is 5.69 Å². The number of hydrogen-bond donors (Lipinski definition) is 1. The van der Waals surface area contributed by atoms with Crippen molar-refractivity contribution >= 4 is 11.6 Å². The van der Waals surface area contributed by atoms with Crippen molar-refractivity contribution in [2.24, 2.45) is 0 Å². The number of rotatable bonds is 5. The second-order valence-corrected chi connectivity index (χ2v) is 5.83. The summed E-state index contributed by atoms with van der Waals surface area (Å²) in [5, 5.41) is 7.54. The number of carbonyl (C=O) groups is 1. The molecule has 0 spiro atoms. The average Bonchev–Trinajstić information content (AvgIpc) is 3.12. The Hall–Kier alpha value is -2.14. The van der Waals surface area contributed by atoms with E-state index in [1.807, 2.05) is 54.0 Å². The summed E-state index contributed by atoms with van der Waals surface area (Å²) < 4.78 is 1.89. The van der Waals surface area contributed by atoms with E-state index in [9.17, 15) is 4.79 Å². The van der Waals surface area contributed by atoms with Crippen molar-refractivity contribution in [3.05, 3.63) is 47.8 Å². The largest absolute Gasteiger partial charge is 0.310 e. The summed E-state index contributed by atoms with van der Waals surface area (Å²) in [5.41, 5.74) is 3.47. The molecular formula is C17H22N4O. The molecule has 2 aromatic rings. The molecule has 5 nitrogen and oxygen atoms in total. The van der Waals surface area contributed by atoms with Gasteiger partial charge in [0.1, 0.15) is 0 Å². The predicted molar refractivity (Wildman–Crippen MR) is 86.9 cm³/mol. The Morgan fingerprint density at radius 2 is 2.23 bits per heavy atom. The maximum atomic E-state index is 12.6. The van der Waals surface area contributed by atoms with Gasteiger partial charge in [-0.3, -0.25) is 9.48 Å². The summed E-state index contributed by atoms with van der Waals surface area (Å²) in [4.78, 5) is 14.5. The van der Waals surface area contributed by atoms with Gasteiger partial charge in [0.05, 0.1) is 18.8 Å². The Labute approximate surface area is 130 Å². The van der Waals surface area contributed by atoms with E-state index in [4.69, 9.17) is 0 Å². The Balaban J connectivity index is 1.54. The van der Waals surface area contributed by atoms with Crippen LogP contribution in [0, 0.1) is 6.92 Å². The van der Waals surface area contributed by atoms with Crippen molar-refractivity contribution in [1.82, 2.24) is 15.1 Å². The molecule has 1 aliphatic rings. The molecule has 1 aromatic heterocycles. The van der Waals surface area contributed by atoms with Gasteiger partial charge in [0.15, 0.2) is 0 Å². The van der Waals surface area contributed by atoms with Crippen LogP contribution in [0.15, 0.2) is 36.7 Å². The number of fused-ring (bicyclic) bond motifs is 1. The van der Waals surface area contributed by atoms with Crippen LogP contribution in [0.25, 0.3) is 0 Å². The van der Waals surface area contributed by atoms with Gasteiger partial charge in [-0.2, -0.15) is 5.10 Å². The molecule has 116 valence electrons. The molecule has 0 bridgehead atoms. The lowest BCUT2D eigenvalue weighted by Crippen LogP contribution is -2.45. The Morgan fingerprint density at radius 1 is 1.41 bits per heavy atom. The number of anilines is 1. The third-order valence-corrected chi connectivity index (χ3v) is 4.08. The molecule has 1 unspecified atom stereocenters. The molecule has 1 atom stereocenters. The molecular weight excluding hydrogens is 276 g/mol. The molecule has 0 saturated heterocycles. The van der Waals surface area contributed by atoms with Crippen LogP contribution in [0.3, 0.4) is 0 Å². The molecule has 1 aliphatic heterocycles. The molecule has 0 saturated carbocycles. The van der Waals surface area contributed by atoms with E-state index in [0.717, 1.165) is 37.3 Å². The lowest BCUT2D eigenvalue weighted by atomic mass is 10.2. The van der Waals surface area contributed by atoms with Crippen LogP contribution < -0.4 is 10.2 Å². The van der Waals surface area contributed by atoms with Crippen molar-refractivity contribution in [2.45, 2.75) is 32.9 Å². The summed E-state index contributed by atoms with van der Waals surface area (Å²) >= 11 is 0. The van der Waals surface area contributed by atoms with E-state index in [0.29, 0.717) is 0 Å². The van der Waals surface area contributed by atoms with E-state index < -0.39 is 0 Å². The van der Waals surface area contributed by atoms with E-state index in [1.54, 1.807) is 0 Å². The summed E-state index contributed by atoms with van der Waals surface area (Å²) in [6.07, 6.45) is 4.79. The van der Waals surface area contributed by atoms with Crippen LogP contribution in [0.2, 0.25) is 0 Å². The van der Waals surface area contributed by atoms with Crippen molar-refractivity contribution in [3.63, 3.8) is 0 Å². The van der Waals surface area contributed by atoms with Crippen LogP contribution in [0.5, 0.6) is 0 Å². The SMILES string of the molecule is Cc1cnn(CCNC(C)C(=O)N2CCc3ccccc32)c1. The molecule has 1 amide bonds. The third kappa shape index (κ3) is 3.04. The number of nitrogens with one attached hydrogen (secondary N) is 1. The minimum absolute atomic E-state index is 0.140. The summed E-state index contributed by atoms with van der Waals surface area (Å²) in [6.45, 7) is 6.22. The van der Waals surface area contributed by atoms with Crippen molar-refractivity contribution in [2.75, 3.05) is 18.0 Å². The molecule has 0 aliphatic carbocycles. The van der Waals surface area contributed by atoms with Gasteiger partial charge in [-0.05, 0) is 37.5 Å². The first kappa shape index (κ1) is 14.8. The number of benzene rings is 1.